The summed E-state index contributed by atoms with van der Waals surface area (Å²) in [6.07, 6.45) is 0. The summed E-state index contributed by atoms with van der Waals surface area (Å²) in [5.41, 5.74) is 13.6. The molecule has 0 aliphatic heterocycles. The number of nitrogens with two attached hydrogens (primary N) is 2. The number of benzene rings is 1. The lowest BCUT2D eigenvalue weighted by molar-refractivity contribution is 0.0601. The molecule has 0 unspecified atom stereocenters. The number of esters is 1. The van der Waals surface area contributed by atoms with Gasteiger partial charge in [-0.2, -0.15) is 0 Å². The van der Waals surface area contributed by atoms with Gasteiger partial charge in [0.05, 0.1) is 24.1 Å². The summed E-state index contributed by atoms with van der Waals surface area (Å²) in [5.74, 6) is -0.115. The molecule has 1 heterocycles. The Balaban J connectivity index is 2.44. The molecule has 0 bridgehead atoms. The third-order valence-electron chi connectivity index (χ3n) is 2.54. The molecular weight excluding hydrogens is 230 g/mol. The molecule has 18 heavy (non-hydrogen) atoms. The van der Waals surface area contributed by atoms with E-state index in [1.54, 1.807) is 30.3 Å². The van der Waals surface area contributed by atoms with Crippen molar-refractivity contribution in [3.8, 4) is 11.3 Å². The number of methoxy groups -OCH3 is 1. The van der Waals surface area contributed by atoms with Gasteiger partial charge in [0, 0.05) is 5.56 Å². The minimum absolute atomic E-state index is 0.274. The number of anilines is 2. The van der Waals surface area contributed by atoms with E-state index in [2.05, 4.69) is 9.72 Å². The van der Waals surface area contributed by atoms with Crippen molar-refractivity contribution >= 4 is 17.5 Å². The predicted molar refractivity (Wildman–Crippen MR) is 69.8 cm³/mol. The quantitative estimate of drug-likeness (QED) is 0.783. The lowest BCUT2D eigenvalue weighted by atomic mass is 10.1. The third-order valence-corrected chi connectivity index (χ3v) is 2.54. The van der Waals surface area contributed by atoms with E-state index < -0.39 is 0 Å². The summed E-state index contributed by atoms with van der Waals surface area (Å²) in [6.45, 7) is 0. The van der Waals surface area contributed by atoms with Crippen molar-refractivity contribution in [2.24, 2.45) is 0 Å². The average Bonchev–Trinajstić information content (AvgIpc) is 2.41. The Kier molecular flexibility index (Phi) is 3.14. The Morgan fingerprint density at radius 1 is 1.22 bits per heavy atom. The monoisotopic (exact) mass is 243 g/mol. The molecule has 0 aliphatic carbocycles. The highest BCUT2D eigenvalue weighted by atomic mass is 16.5. The molecule has 0 saturated carbocycles. The van der Waals surface area contributed by atoms with Gasteiger partial charge in [-0.25, -0.2) is 9.78 Å². The summed E-state index contributed by atoms with van der Waals surface area (Å²) in [4.78, 5) is 15.6. The Morgan fingerprint density at radius 3 is 2.67 bits per heavy atom. The molecule has 5 nitrogen and oxygen atoms in total. The lowest BCUT2D eigenvalue weighted by Gasteiger charge is -2.05. The zero-order chi connectivity index (χ0) is 13.1. The molecule has 0 amide bonds. The van der Waals surface area contributed by atoms with Crippen LogP contribution in [-0.2, 0) is 4.74 Å². The summed E-state index contributed by atoms with van der Waals surface area (Å²) < 4.78 is 4.67. The zero-order valence-electron chi connectivity index (χ0n) is 9.88. The summed E-state index contributed by atoms with van der Waals surface area (Å²) in [5, 5.41) is 0. The fourth-order valence-electron chi connectivity index (χ4n) is 1.57. The summed E-state index contributed by atoms with van der Waals surface area (Å²) in [7, 11) is 1.34. The topological polar surface area (TPSA) is 91.2 Å². The van der Waals surface area contributed by atoms with Crippen LogP contribution in [-0.4, -0.2) is 18.1 Å². The van der Waals surface area contributed by atoms with E-state index in [9.17, 15) is 4.79 Å². The maximum atomic E-state index is 11.4. The van der Waals surface area contributed by atoms with Crippen LogP contribution in [0.1, 0.15) is 10.4 Å². The molecule has 4 N–H and O–H groups in total. The van der Waals surface area contributed by atoms with E-state index in [1.165, 1.54) is 7.11 Å². The van der Waals surface area contributed by atoms with Gasteiger partial charge < -0.3 is 16.2 Å². The van der Waals surface area contributed by atoms with Gasteiger partial charge in [-0.15, -0.1) is 0 Å². The number of rotatable bonds is 2. The number of aromatic nitrogens is 1. The number of hydrogen-bond donors (Lipinski definition) is 2. The standard InChI is InChI=1S/C13H13N3O2/c1-18-13(17)9-4-2-3-8(7-9)11-6-5-10(14)12(15)16-11/h2-7H,14H2,1H3,(H2,15,16). The average molecular weight is 243 g/mol. The van der Waals surface area contributed by atoms with Crippen molar-refractivity contribution in [1.29, 1.82) is 0 Å². The molecule has 0 radical (unpaired) electrons. The van der Waals surface area contributed by atoms with Crippen LogP contribution < -0.4 is 11.5 Å². The first-order valence-electron chi connectivity index (χ1n) is 5.32. The fraction of sp³-hybridized carbons (Fsp3) is 0.0769. The molecule has 0 spiro atoms. The second-order valence-corrected chi connectivity index (χ2v) is 3.74. The van der Waals surface area contributed by atoms with Crippen LogP contribution in [0.3, 0.4) is 0 Å². The van der Waals surface area contributed by atoms with Crippen LogP contribution in [0.15, 0.2) is 36.4 Å². The van der Waals surface area contributed by atoms with E-state index in [-0.39, 0.29) is 11.8 Å². The fourth-order valence-corrected chi connectivity index (χ4v) is 1.57. The van der Waals surface area contributed by atoms with Crippen molar-refractivity contribution in [2.75, 3.05) is 18.6 Å². The largest absolute Gasteiger partial charge is 0.465 e. The molecule has 92 valence electrons. The highest BCUT2D eigenvalue weighted by molar-refractivity contribution is 5.90. The maximum Gasteiger partial charge on any atom is 0.337 e. The minimum atomic E-state index is -0.389. The van der Waals surface area contributed by atoms with Gasteiger partial charge in [0.1, 0.15) is 5.82 Å². The first kappa shape index (κ1) is 11.9. The van der Waals surface area contributed by atoms with Gasteiger partial charge in [0.2, 0.25) is 0 Å². The molecule has 0 fully saturated rings. The smallest absolute Gasteiger partial charge is 0.337 e. The molecule has 2 aromatic rings. The van der Waals surface area contributed by atoms with Crippen molar-refractivity contribution in [3.63, 3.8) is 0 Å². The highest BCUT2D eigenvalue weighted by Gasteiger charge is 2.08. The van der Waals surface area contributed by atoms with E-state index >= 15 is 0 Å². The lowest BCUT2D eigenvalue weighted by Crippen LogP contribution is -2.02. The highest BCUT2D eigenvalue weighted by Crippen LogP contribution is 2.22. The Bertz CT molecular complexity index is 597. The molecule has 0 saturated heterocycles. The van der Waals surface area contributed by atoms with Gasteiger partial charge in [-0.1, -0.05) is 12.1 Å². The number of nitrogen functional groups attached to an aromatic ring is 2. The number of hydrogen-bond acceptors (Lipinski definition) is 5. The summed E-state index contributed by atoms with van der Waals surface area (Å²) in [6, 6.07) is 10.4. The van der Waals surface area contributed by atoms with Gasteiger partial charge in [-0.3, -0.25) is 0 Å². The van der Waals surface area contributed by atoms with Crippen molar-refractivity contribution in [2.45, 2.75) is 0 Å². The first-order valence-corrected chi connectivity index (χ1v) is 5.32. The normalized spacial score (nSPS) is 10.1. The second-order valence-electron chi connectivity index (χ2n) is 3.74. The Hall–Kier alpha value is -2.56. The van der Waals surface area contributed by atoms with Crippen LogP contribution in [0.5, 0.6) is 0 Å². The van der Waals surface area contributed by atoms with Crippen LogP contribution in [0.25, 0.3) is 11.3 Å². The SMILES string of the molecule is COC(=O)c1cccc(-c2ccc(N)c(N)n2)c1. The van der Waals surface area contributed by atoms with E-state index in [0.717, 1.165) is 5.56 Å². The van der Waals surface area contributed by atoms with Crippen molar-refractivity contribution in [1.82, 2.24) is 4.98 Å². The Labute approximate surface area is 104 Å². The Morgan fingerprint density at radius 2 is 2.00 bits per heavy atom. The van der Waals surface area contributed by atoms with E-state index in [4.69, 9.17) is 11.5 Å². The van der Waals surface area contributed by atoms with E-state index in [0.29, 0.717) is 16.9 Å². The predicted octanol–water partition coefficient (Wildman–Crippen LogP) is 1.70. The van der Waals surface area contributed by atoms with Crippen molar-refractivity contribution < 1.29 is 9.53 Å². The van der Waals surface area contributed by atoms with Crippen molar-refractivity contribution in [3.05, 3.63) is 42.0 Å². The number of nitrogens with zero attached hydrogens (tertiary/aromatic N) is 1. The summed E-state index contributed by atoms with van der Waals surface area (Å²) >= 11 is 0. The number of carbonyl (C=O) groups is 1. The molecule has 0 atom stereocenters. The third kappa shape index (κ3) is 2.24. The second kappa shape index (κ2) is 4.75. The van der Waals surface area contributed by atoms with Crippen LogP contribution in [0.2, 0.25) is 0 Å². The van der Waals surface area contributed by atoms with Crippen LogP contribution >= 0.6 is 0 Å². The number of pyridine rings is 1. The molecule has 1 aromatic heterocycles. The molecular formula is C13H13N3O2. The van der Waals surface area contributed by atoms with Crippen LogP contribution in [0, 0.1) is 0 Å². The minimum Gasteiger partial charge on any atom is -0.465 e. The molecule has 5 heteroatoms. The van der Waals surface area contributed by atoms with E-state index in [1.807, 2.05) is 6.07 Å². The maximum absolute atomic E-state index is 11.4. The number of ether oxygens (including phenoxy) is 1. The first-order chi connectivity index (χ1) is 8.61. The van der Waals surface area contributed by atoms with Gasteiger partial charge in [0.15, 0.2) is 0 Å². The zero-order valence-corrected chi connectivity index (χ0v) is 9.88. The molecule has 1 aromatic carbocycles. The molecule has 2 rings (SSSR count). The van der Waals surface area contributed by atoms with Gasteiger partial charge in [0.25, 0.3) is 0 Å². The molecule has 0 aliphatic rings. The van der Waals surface area contributed by atoms with Gasteiger partial charge >= 0.3 is 5.97 Å². The van der Waals surface area contributed by atoms with Gasteiger partial charge in [-0.05, 0) is 24.3 Å². The van der Waals surface area contributed by atoms with Crippen LogP contribution in [0.4, 0.5) is 11.5 Å². The number of carbonyl (C=O) groups excluding carboxylic acids is 1.